The first kappa shape index (κ1) is 13.7. The predicted molar refractivity (Wildman–Crippen MR) is 71.1 cm³/mol. The van der Waals surface area contributed by atoms with E-state index in [0.717, 1.165) is 17.1 Å². The van der Waals surface area contributed by atoms with Gasteiger partial charge in [0.2, 0.25) is 0 Å². The number of rotatable bonds is 4. The van der Waals surface area contributed by atoms with Gasteiger partial charge in [-0.25, -0.2) is 4.68 Å². The van der Waals surface area contributed by atoms with Crippen molar-refractivity contribution in [1.29, 1.82) is 0 Å². The Bertz CT molecular complexity index is 566. The van der Waals surface area contributed by atoms with Crippen LogP contribution in [-0.2, 0) is 0 Å². The summed E-state index contributed by atoms with van der Waals surface area (Å²) < 4.78 is 1.77. The van der Waals surface area contributed by atoms with Crippen LogP contribution in [-0.4, -0.2) is 37.8 Å². The fraction of sp³-hybridized carbons (Fsp3) is 0.357. The fourth-order valence-corrected chi connectivity index (χ4v) is 2.05. The summed E-state index contributed by atoms with van der Waals surface area (Å²) in [4.78, 5) is 0. The number of aryl methyl sites for hydroxylation is 2. The van der Waals surface area contributed by atoms with Crippen molar-refractivity contribution in [3.8, 4) is 5.69 Å². The lowest BCUT2D eigenvalue weighted by molar-refractivity contribution is -0.0152. The average Bonchev–Trinajstić information content (AvgIpc) is 2.76. The van der Waals surface area contributed by atoms with E-state index in [2.05, 4.69) is 5.10 Å². The lowest BCUT2D eigenvalue weighted by Gasteiger charge is -2.16. The molecule has 0 amide bonds. The highest BCUT2D eigenvalue weighted by molar-refractivity contribution is 5.38. The Morgan fingerprint density at radius 2 is 1.95 bits per heavy atom. The van der Waals surface area contributed by atoms with Crippen LogP contribution in [0.25, 0.3) is 5.69 Å². The Morgan fingerprint density at radius 1 is 1.21 bits per heavy atom. The molecule has 1 aromatic heterocycles. The molecule has 0 spiro atoms. The molecule has 2 rings (SSSR count). The van der Waals surface area contributed by atoms with Crippen LogP contribution in [0.3, 0.4) is 0 Å². The number of hydrogen-bond acceptors (Lipinski definition) is 4. The van der Waals surface area contributed by atoms with Gasteiger partial charge in [0, 0.05) is 5.69 Å². The van der Waals surface area contributed by atoms with E-state index in [9.17, 15) is 10.2 Å². The van der Waals surface area contributed by atoms with Crippen LogP contribution in [0.1, 0.15) is 23.1 Å². The maximum Gasteiger partial charge on any atom is 0.107 e. The quantitative estimate of drug-likeness (QED) is 0.764. The van der Waals surface area contributed by atoms with Crippen molar-refractivity contribution >= 4 is 0 Å². The first-order valence-corrected chi connectivity index (χ1v) is 6.13. The maximum absolute atomic E-state index is 9.90. The number of nitrogens with zero attached hydrogens (tertiary/aromatic N) is 2. The molecule has 19 heavy (non-hydrogen) atoms. The highest BCUT2D eigenvalue weighted by atomic mass is 16.4. The van der Waals surface area contributed by atoms with Crippen molar-refractivity contribution in [2.75, 3.05) is 6.61 Å². The topological polar surface area (TPSA) is 78.5 Å². The summed E-state index contributed by atoms with van der Waals surface area (Å²) >= 11 is 0. The number of benzene rings is 1. The van der Waals surface area contributed by atoms with E-state index >= 15 is 0 Å². The van der Waals surface area contributed by atoms with Gasteiger partial charge < -0.3 is 15.3 Å². The van der Waals surface area contributed by atoms with Crippen LogP contribution in [0.5, 0.6) is 0 Å². The third-order valence-electron chi connectivity index (χ3n) is 3.02. The smallest absolute Gasteiger partial charge is 0.107 e. The first-order valence-electron chi connectivity index (χ1n) is 6.13. The van der Waals surface area contributed by atoms with Gasteiger partial charge in [-0.3, -0.25) is 0 Å². The normalized spacial score (nSPS) is 14.4. The fourth-order valence-electron chi connectivity index (χ4n) is 2.05. The summed E-state index contributed by atoms with van der Waals surface area (Å²) in [5.41, 5.74) is 3.27. The number of aromatic nitrogens is 2. The zero-order chi connectivity index (χ0) is 14.0. The lowest BCUT2D eigenvalue weighted by Crippen LogP contribution is -2.22. The number of aliphatic hydroxyl groups excluding tert-OH is 3. The van der Waals surface area contributed by atoms with Crippen molar-refractivity contribution in [1.82, 2.24) is 9.78 Å². The zero-order valence-corrected chi connectivity index (χ0v) is 11.0. The molecule has 0 aliphatic heterocycles. The van der Waals surface area contributed by atoms with Gasteiger partial charge in [0.1, 0.15) is 12.2 Å². The van der Waals surface area contributed by atoms with Crippen molar-refractivity contribution in [3.63, 3.8) is 0 Å². The highest BCUT2D eigenvalue weighted by Gasteiger charge is 2.18. The maximum atomic E-state index is 9.90. The SMILES string of the molecule is Cc1cc(C)n(-c2cccc(C(O)C(O)CO)c2)n1. The van der Waals surface area contributed by atoms with Crippen molar-refractivity contribution in [2.24, 2.45) is 0 Å². The second-order valence-corrected chi connectivity index (χ2v) is 4.63. The van der Waals surface area contributed by atoms with Gasteiger partial charge in [-0.15, -0.1) is 0 Å². The van der Waals surface area contributed by atoms with E-state index in [1.165, 1.54) is 0 Å². The molecular weight excluding hydrogens is 244 g/mol. The Morgan fingerprint density at radius 3 is 2.53 bits per heavy atom. The van der Waals surface area contributed by atoms with Crippen LogP contribution in [0.15, 0.2) is 30.3 Å². The molecule has 0 fully saturated rings. The second-order valence-electron chi connectivity index (χ2n) is 4.63. The molecule has 2 aromatic rings. The molecule has 2 unspecified atom stereocenters. The Balaban J connectivity index is 2.37. The minimum Gasteiger partial charge on any atom is -0.394 e. The third-order valence-corrected chi connectivity index (χ3v) is 3.02. The van der Waals surface area contributed by atoms with E-state index in [0.29, 0.717) is 5.56 Å². The van der Waals surface area contributed by atoms with Crippen LogP contribution < -0.4 is 0 Å². The van der Waals surface area contributed by atoms with E-state index in [4.69, 9.17) is 5.11 Å². The van der Waals surface area contributed by atoms with Crippen molar-refractivity contribution in [2.45, 2.75) is 26.1 Å². The summed E-state index contributed by atoms with van der Waals surface area (Å²) in [5.74, 6) is 0. The van der Waals surface area contributed by atoms with E-state index in [1.807, 2.05) is 26.0 Å². The summed E-state index contributed by atoms with van der Waals surface area (Å²) in [7, 11) is 0. The highest BCUT2D eigenvalue weighted by Crippen LogP contribution is 2.20. The van der Waals surface area contributed by atoms with Crippen LogP contribution >= 0.6 is 0 Å². The molecule has 5 nitrogen and oxygen atoms in total. The molecule has 0 radical (unpaired) electrons. The number of aliphatic hydroxyl groups is 3. The van der Waals surface area contributed by atoms with Crippen LogP contribution in [0.4, 0.5) is 0 Å². The monoisotopic (exact) mass is 262 g/mol. The minimum atomic E-state index is -1.18. The summed E-state index contributed by atoms with van der Waals surface area (Å²) in [6.45, 7) is 3.38. The summed E-state index contributed by atoms with van der Waals surface area (Å²) in [5, 5.41) is 32.6. The molecule has 0 saturated heterocycles. The first-order chi connectivity index (χ1) is 9.02. The third kappa shape index (κ3) is 2.84. The molecule has 1 heterocycles. The molecular formula is C14H18N2O3. The molecule has 0 aliphatic carbocycles. The molecule has 0 bridgehead atoms. The Labute approximate surface area is 111 Å². The average molecular weight is 262 g/mol. The van der Waals surface area contributed by atoms with Crippen LogP contribution in [0, 0.1) is 13.8 Å². The molecule has 102 valence electrons. The van der Waals surface area contributed by atoms with Gasteiger partial charge in [0.05, 0.1) is 18.0 Å². The van der Waals surface area contributed by atoms with Gasteiger partial charge in [-0.2, -0.15) is 5.10 Å². The van der Waals surface area contributed by atoms with Crippen LogP contribution in [0.2, 0.25) is 0 Å². The van der Waals surface area contributed by atoms with E-state index in [-0.39, 0.29) is 0 Å². The minimum absolute atomic E-state index is 0.481. The van der Waals surface area contributed by atoms with Crippen molar-refractivity contribution < 1.29 is 15.3 Å². The molecule has 0 saturated carbocycles. The van der Waals surface area contributed by atoms with E-state index in [1.54, 1.807) is 22.9 Å². The summed E-state index contributed by atoms with van der Waals surface area (Å²) in [6, 6.07) is 9.09. The Hall–Kier alpha value is -1.69. The van der Waals surface area contributed by atoms with Gasteiger partial charge in [0.15, 0.2) is 0 Å². The van der Waals surface area contributed by atoms with Crippen molar-refractivity contribution in [3.05, 3.63) is 47.3 Å². The summed E-state index contributed by atoms with van der Waals surface area (Å²) in [6.07, 6.45) is -2.29. The molecule has 5 heteroatoms. The van der Waals surface area contributed by atoms with E-state index < -0.39 is 18.8 Å². The second kappa shape index (κ2) is 5.52. The Kier molecular flexibility index (Phi) is 3.99. The predicted octanol–water partition coefficient (Wildman–Crippen LogP) is 0.876. The van der Waals surface area contributed by atoms with Gasteiger partial charge in [0.25, 0.3) is 0 Å². The zero-order valence-electron chi connectivity index (χ0n) is 11.0. The molecule has 1 aromatic carbocycles. The number of hydrogen-bond donors (Lipinski definition) is 3. The van der Waals surface area contributed by atoms with Gasteiger partial charge in [-0.05, 0) is 37.6 Å². The molecule has 3 N–H and O–H groups in total. The molecule has 0 aliphatic rings. The van der Waals surface area contributed by atoms with Gasteiger partial charge in [-0.1, -0.05) is 12.1 Å². The lowest BCUT2D eigenvalue weighted by atomic mass is 10.0. The molecule has 2 atom stereocenters. The van der Waals surface area contributed by atoms with Gasteiger partial charge >= 0.3 is 0 Å². The standard InChI is InChI=1S/C14H18N2O3/c1-9-6-10(2)16(15-9)12-5-3-4-11(7-12)14(19)13(18)8-17/h3-7,13-14,17-19H,8H2,1-2H3. The largest absolute Gasteiger partial charge is 0.394 e.